The molecule has 0 spiro atoms. The van der Waals surface area contributed by atoms with Gasteiger partial charge in [0.15, 0.2) is 12.4 Å². The fourth-order valence-electron chi connectivity index (χ4n) is 3.48. The first-order valence-electron chi connectivity index (χ1n) is 11.5. The van der Waals surface area contributed by atoms with Crippen molar-refractivity contribution in [2.75, 3.05) is 5.32 Å². The number of anilines is 1. The second kappa shape index (κ2) is 11.1. The van der Waals surface area contributed by atoms with E-state index < -0.39 is 10.8 Å². The largest absolute Gasteiger partial charge is 0.471 e. The van der Waals surface area contributed by atoms with Gasteiger partial charge in [0.2, 0.25) is 0 Å². The Balaban J connectivity index is 1.44. The summed E-state index contributed by atoms with van der Waals surface area (Å²) < 4.78 is 13.0. The van der Waals surface area contributed by atoms with Gasteiger partial charge in [-0.15, -0.1) is 0 Å². The highest BCUT2D eigenvalue weighted by molar-refractivity contribution is 6.31. The van der Waals surface area contributed by atoms with Crippen molar-refractivity contribution in [1.82, 2.24) is 9.78 Å². The third-order valence-corrected chi connectivity index (χ3v) is 5.93. The average Bonchev–Trinajstić information content (AvgIpc) is 3.34. The minimum atomic E-state index is -0.560. The van der Waals surface area contributed by atoms with E-state index in [2.05, 4.69) is 24.3 Å². The maximum Gasteiger partial charge on any atom is 0.276 e. The Bertz CT molecular complexity index is 1430. The summed E-state index contributed by atoms with van der Waals surface area (Å²) in [6, 6.07) is 18.4. The number of halogens is 1. The molecule has 0 aliphatic heterocycles. The van der Waals surface area contributed by atoms with Crippen molar-refractivity contribution >= 4 is 28.9 Å². The molecule has 1 heterocycles. The van der Waals surface area contributed by atoms with Crippen LogP contribution in [0.5, 0.6) is 17.2 Å². The van der Waals surface area contributed by atoms with Crippen LogP contribution in [0.3, 0.4) is 0 Å². The first-order chi connectivity index (χ1) is 17.7. The molecule has 0 bridgehead atoms. The van der Waals surface area contributed by atoms with Crippen LogP contribution >= 0.6 is 11.6 Å². The normalized spacial score (nSPS) is 10.8. The zero-order valence-electron chi connectivity index (χ0n) is 20.5. The van der Waals surface area contributed by atoms with E-state index in [4.69, 9.17) is 21.1 Å². The fourth-order valence-corrected chi connectivity index (χ4v) is 3.59. The fraction of sp³-hybridized carbons (Fsp3) is 0.185. The number of nitro groups is 1. The number of aryl methyl sites for hydroxylation is 1. The summed E-state index contributed by atoms with van der Waals surface area (Å²) in [6.07, 6.45) is 1.61. The third-order valence-electron chi connectivity index (χ3n) is 5.51. The molecule has 4 aromatic rings. The van der Waals surface area contributed by atoms with Crippen molar-refractivity contribution in [2.24, 2.45) is 0 Å². The van der Waals surface area contributed by atoms with Gasteiger partial charge in [0.05, 0.1) is 16.7 Å². The molecule has 1 aromatic heterocycles. The third kappa shape index (κ3) is 6.65. The molecule has 0 aliphatic rings. The van der Waals surface area contributed by atoms with Gasteiger partial charge < -0.3 is 14.8 Å². The molecule has 1 amide bonds. The molecule has 10 heteroatoms. The van der Waals surface area contributed by atoms with Crippen molar-refractivity contribution < 1.29 is 19.2 Å². The predicted molar refractivity (Wildman–Crippen MR) is 141 cm³/mol. The predicted octanol–water partition coefficient (Wildman–Crippen LogP) is 6.96. The Kier molecular flexibility index (Phi) is 7.74. The van der Waals surface area contributed by atoms with E-state index in [9.17, 15) is 14.9 Å². The molecule has 4 rings (SSSR count). The van der Waals surface area contributed by atoms with Gasteiger partial charge in [-0.25, -0.2) is 4.68 Å². The molecule has 0 unspecified atom stereocenters. The van der Waals surface area contributed by atoms with E-state index in [1.807, 2.05) is 31.2 Å². The summed E-state index contributed by atoms with van der Waals surface area (Å²) in [5.74, 6) is 1.22. The van der Waals surface area contributed by atoms with Crippen LogP contribution in [0.15, 0.2) is 72.9 Å². The number of nitrogens with zero attached hydrogens (tertiary/aromatic N) is 3. The van der Waals surface area contributed by atoms with Crippen LogP contribution in [0, 0.1) is 17.0 Å². The number of rotatable bonds is 9. The molecule has 0 fully saturated rings. The highest BCUT2D eigenvalue weighted by Crippen LogP contribution is 2.31. The zero-order valence-corrected chi connectivity index (χ0v) is 21.2. The van der Waals surface area contributed by atoms with Crippen molar-refractivity contribution in [1.29, 1.82) is 0 Å². The standard InChI is InChI=1S/C27H25ClN4O5/c1-17(2)19-4-6-22(7-5-19)36-16-31-11-10-26(30-31)27(33)29-20-13-21(32(34)35)15-24(14-20)37-23-8-9-25(28)18(3)12-23/h4-15,17H,16H2,1-3H3,(H,29,33). The lowest BCUT2D eigenvalue weighted by Gasteiger charge is -2.10. The maximum absolute atomic E-state index is 12.8. The molecule has 9 nitrogen and oxygen atoms in total. The van der Waals surface area contributed by atoms with Crippen LogP contribution in [0.2, 0.25) is 5.02 Å². The second-order valence-corrected chi connectivity index (χ2v) is 9.08. The Morgan fingerprint density at radius 2 is 1.78 bits per heavy atom. The molecule has 0 saturated carbocycles. The van der Waals surface area contributed by atoms with Crippen molar-refractivity contribution in [2.45, 2.75) is 33.4 Å². The first-order valence-corrected chi connectivity index (χ1v) is 11.9. The average molecular weight is 521 g/mol. The molecule has 3 aromatic carbocycles. The highest BCUT2D eigenvalue weighted by atomic mass is 35.5. The Labute approximate surface area is 218 Å². The van der Waals surface area contributed by atoms with Gasteiger partial charge in [-0.2, -0.15) is 5.10 Å². The van der Waals surface area contributed by atoms with Crippen LogP contribution in [0.4, 0.5) is 11.4 Å². The van der Waals surface area contributed by atoms with Gasteiger partial charge in [-0.3, -0.25) is 14.9 Å². The van der Waals surface area contributed by atoms with Gasteiger partial charge in [0, 0.05) is 23.4 Å². The van der Waals surface area contributed by atoms with E-state index in [0.29, 0.717) is 22.4 Å². The van der Waals surface area contributed by atoms with Crippen LogP contribution in [0.25, 0.3) is 0 Å². The number of carbonyl (C=O) groups is 1. The van der Waals surface area contributed by atoms with Crippen LogP contribution in [-0.4, -0.2) is 20.6 Å². The van der Waals surface area contributed by atoms with E-state index in [1.165, 1.54) is 34.5 Å². The van der Waals surface area contributed by atoms with Gasteiger partial charge in [-0.1, -0.05) is 37.6 Å². The number of nitrogens with one attached hydrogen (secondary N) is 1. The lowest BCUT2D eigenvalue weighted by atomic mass is 10.0. The molecular formula is C27H25ClN4O5. The minimum absolute atomic E-state index is 0.115. The Morgan fingerprint density at radius 3 is 2.46 bits per heavy atom. The van der Waals surface area contributed by atoms with Crippen LogP contribution in [0.1, 0.15) is 41.4 Å². The van der Waals surface area contributed by atoms with Gasteiger partial charge in [-0.05, 0) is 60.4 Å². The maximum atomic E-state index is 12.8. The molecule has 1 N–H and O–H groups in total. The van der Waals surface area contributed by atoms with Gasteiger partial charge in [0.25, 0.3) is 11.6 Å². The second-order valence-electron chi connectivity index (χ2n) is 8.68. The molecule has 0 radical (unpaired) electrons. The van der Waals surface area contributed by atoms with Gasteiger partial charge in [0.1, 0.15) is 17.2 Å². The number of nitro benzene ring substituents is 1. The highest BCUT2D eigenvalue weighted by Gasteiger charge is 2.16. The summed E-state index contributed by atoms with van der Waals surface area (Å²) in [4.78, 5) is 23.7. The monoisotopic (exact) mass is 520 g/mol. The number of carbonyl (C=O) groups excluding carboxylic acids is 1. The summed E-state index contributed by atoms with van der Waals surface area (Å²) >= 11 is 6.05. The van der Waals surface area contributed by atoms with E-state index in [0.717, 1.165) is 5.56 Å². The van der Waals surface area contributed by atoms with E-state index in [-0.39, 0.29) is 29.5 Å². The number of amides is 1. The molecule has 37 heavy (non-hydrogen) atoms. The molecule has 0 saturated heterocycles. The Hall–Kier alpha value is -4.37. The molecular weight excluding hydrogens is 496 g/mol. The first kappa shape index (κ1) is 25.7. The SMILES string of the molecule is Cc1cc(Oc2cc(NC(=O)c3ccn(COc4ccc(C(C)C)cc4)n3)cc([N+](=O)[O-])c2)ccc1Cl. The number of non-ortho nitro benzene ring substituents is 1. The number of hydrogen-bond acceptors (Lipinski definition) is 6. The zero-order chi connectivity index (χ0) is 26.5. The summed E-state index contributed by atoms with van der Waals surface area (Å²) in [7, 11) is 0. The minimum Gasteiger partial charge on any atom is -0.471 e. The number of hydrogen-bond donors (Lipinski definition) is 1. The molecule has 190 valence electrons. The van der Waals surface area contributed by atoms with Crippen molar-refractivity contribution in [3.63, 3.8) is 0 Å². The number of aromatic nitrogens is 2. The smallest absolute Gasteiger partial charge is 0.276 e. The summed E-state index contributed by atoms with van der Waals surface area (Å²) in [5.41, 5.74) is 2.09. The van der Waals surface area contributed by atoms with E-state index in [1.54, 1.807) is 24.4 Å². The Morgan fingerprint density at radius 1 is 1.05 bits per heavy atom. The lowest BCUT2D eigenvalue weighted by Crippen LogP contribution is -2.14. The van der Waals surface area contributed by atoms with Gasteiger partial charge >= 0.3 is 0 Å². The van der Waals surface area contributed by atoms with E-state index >= 15 is 0 Å². The summed E-state index contributed by atoms with van der Waals surface area (Å²) in [6.45, 7) is 6.17. The lowest BCUT2D eigenvalue weighted by molar-refractivity contribution is -0.384. The molecule has 0 aliphatic carbocycles. The van der Waals surface area contributed by atoms with Crippen LogP contribution < -0.4 is 14.8 Å². The number of benzene rings is 3. The van der Waals surface area contributed by atoms with Crippen molar-refractivity contribution in [3.05, 3.63) is 105 Å². The topological polar surface area (TPSA) is 109 Å². The summed E-state index contributed by atoms with van der Waals surface area (Å²) in [5, 5.41) is 18.9. The van der Waals surface area contributed by atoms with Crippen molar-refractivity contribution in [3.8, 4) is 17.2 Å². The quantitative estimate of drug-likeness (QED) is 0.189. The molecule has 0 atom stereocenters. The number of ether oxygens (including phenoxy) is 2. The van der Waals surface area contributed by atoms with Crippen LogP contribution in [-0.2, 0) is 6.73 Å².